The van der Waals surface area contributed by atoms with Crippen LogP contribution in [0.1, 0.15) is 19.3 Å². The molecule has 2 atom stereocenters. The molecule has 0 saturated heterocycles. The molecule has 0 spiro atoms. The van der Waals surface area contributed by atoms with Crippen molar-refractivity contribution in [3.05, 3.63) is 0 Å². The van der Waals surface area contributed by atoms with Crippen LogP contribution < -0.4 is 139 Å². The van der Waals surface area contributed by atoms with Crippen molar-refractivity contribution in [2.45, 2.75) is 31.5 Å². The smallest absolute Gasteiger partial charge is 0.550 e. The number of carboxylic acids is 4. The fourth-order valence-electron chi connectivity index (χ4n) is 1.17. The fraction of sp³-hybridized carbons (Fsp3) is 0.455. The first-order valence-corrected chi connectivity index (χ1v) is 5.73. The van der Waals surface area contributed by atoms with Crippen LogP contribution in [-0.2, 0) is 38.2 Å². The third kappa shape index (κ3) is 19.9. The van der Waals surface area contributed by atoms with Gasteiger partial charge in [-0.25, -0.2) is 0 Å². The Morgan fingerprint density at radius 1 is 0.593 bits per heavy atom. The average Bonchev–Trinajstić information content (AvgIpc) is 2.35. The number of carbonyl (C=O) groups excluding carboxylic acids is 6. The minimum atomic E-state index is -2.24. The molecule has 0 aromatic carbocycles. The van der Waals surface area contributed by atoms with E-state index in [2.05, 4.69) is 9.47 Å². The molecule has 0 saturated carbocycles. The number of aliphatic carboxylic acids is 4. The summed E-state index contributed by atoms with van der Waals surface area (Å²) in [5.41, 5.74) is 0. The number of carboxylic acid groups (broad SMARTS) is 4. The predicted octanol–water partition coefficient (Wildman–Crippen LogP) is -19.0. The molecule has 0 rings (SSSR count). The third-order valence-corrected chi connectivity index (χ3v) is 2.07. The maximum Gasteiger partial charge on any atom is 1.00 e. The Balaban J connectivity index is -0.000000403. The topological polar surface area (TPSA) is 213 Å². The largest absolute Gasteiger partial charge is 1.00 e. The molecule has 0 aromatic heterocycles. The molecular formula is C11H8Na4O12. The van der Waals surface area contributed by atoms with Crippen LogP contribution in [0.4, 0.5) is 0 Å². The Bertz CT molecular complexity index is 491. The van der Waals surface area contributed by atoms with Crippen LogP contribution in [0.5, 0.6) is 0 Å². The van der Waals surface area contributed by atoms with Gasteiger partial charge in [0.15, 0.2) is 0 Å². The molecule has 0 fully saturated rings. The second-order valence-electron chi connectivity index (χ2n) is 3.92. The molecular weight excluding hydrogens is 416 g/mol. The van der Waals surface area contributed by atoms with Crippen LogP contribution in [0.25, 0.3) is 0 Å². The second-order valence-corrected chi connectivity index (χ2v) is 3.92. The maximum atomic E-state index is 11.2. The number of esters is 2. The summed E-state index contributed by atoms with van der Waals surface area (Å²) in [7, 11) is 0. The van der Waals surface area contributed by atoms with E-state index in [0.717, 1.165) is 0 Å². The zero-order valence-corrected chi connectivity index (χ0v) is 23.2. The maximum absolute atomic E-state index is 11.2. The first-order valence-electron chi connectivity index (χ1n) is 5.73. The zero-order chi connectivity index (χ0) is 18.2. The van der Waals surface area contributed by atoms with Crippen molar-refractivity contribution in [1.29, 1.82) is 0 Å². The third-order valence-electron chi connectivity index (χ3n) is 2.07. The van der Waals surface area contributed by atoms with Gasteiger partial charge in [0.2, 0.25) is 0 Å². The van der Waals surface area contributed by atoms with Gasteiger partial charge in [0.1, 0.15) is 18.6 Å². The van der Waals surface area contributed by atoms with E-state index in [0.29, 0.717) is 0 Å². The molecule has 0 heterocycles. The molecule has 0 aliphatic rings. The van der Waals surface area contributed by atoms with Crippen molar-refractivity contribution < 1.29 is 177 Å². The van der Waals surface area contributed by atoms with Crippen LogP contribution in [0.15, 0.2) is 0 Å². The Morgan fingerprint density at radius 3 is 1.04 bits per heavy atom. The second kappa shape index (κ2) is 20.1. The van der Waals surface area contributed by atoms with Gasteiger partial charge in [-0.1, -0.05) is 0 Å². The predicted molar refractivity (Wildman–Crippen MR) is 53.6 cm³/mol. The Hall–Kier alpha value is 0.820. The molecule has 0 radical (unpaired) electrons. The van der Waals surface area contributed by atoms with Crippen LogP contribution >= 0.6 is 0 Å². The van der Waals surface area contributed by atoms with Gasteiger partial charge in [0, 0.05) is 24.8 Å². The summed E-state index contributed by atoms with van der Waals surface area (Å²) in [6, 6.07) is 0. The van der Waals surface area contributed by atoms with Crippen LogP contribution in [0.2, 0.25) is 0 Å². The van der Waals surface area contributed by atoms with Gasteiger partial charge >= 0.3 is 130 Å². The summed E-state index contributed by atoms with van der Waals surface area (Å²) >= 11 is 0. The van der Waals surface area contributed by atoms with Gasteiger partial charge in [-0.2, -0.15) is 0 Å². The minimum Gasteiger partial charge on any atom is -0.550 e. The van der Waals surface area contributed by atoms with Crippen molar-refractivity contribution in [3.63, 3.8) is 0 Å². The van der Waals surface area contributed by atoms with Crippen molar-refractivity contribution in [3.8, 4) is 0 Å². The first-order chi connectivity index (χ1) is 10.5. The van der Waals surface area contributed by atoms with Crippen LogP contribution in [0, 0.1) is 0 Å². The molecule has 0 aliphatic carbocycles. The molecule has 0 N–H and O–H groups in total. The number of ether oxygens (including phenoxy) is 2. The summed E-state index contributed by atoms with van der Waals surface area (Å²) in [6.45, 7) is 0. The van der Waals surface area contributed by atoms with Gasteiger partial charge < -0.3 is 49.1 Å². The molecule has 0 amide bonds. The van der Waals surface area contributed by atoms with E-state index in [9.17, 15) is 49.2 Å². The molecule has 0 aliphatic heterocycles. The van der Waals surface area contributed by atoms with E-state index in [-0.39, 0.29) is 118 Å². The minimum absolute atomic E-state index is 0. The average molecular weight is 424 g/mol. The number of hydrogen-bond donors (Lipinski definition) is 0. The van der Waals surface area contributed by atoms with Crippen molar-refractivity contribution in [2.75, 3.05) is 0 Å². The molecule has 0 aromatic rings. The van der Waals surface area contributed by atoms with Gasteiger partial charge in [-0.05, 0) is 0 Å². The van der Waals surface area contributed by atoms with E-state index in [1.165, 1.54) is 0 Å². The van der Waals surface area contributed by atoms with Gasteiger partial charge in [-0.15, -0.1) is 0 Å². The first kappa shape index (κ1) is 38.4. The van der Waals surface area contributed by atoms with Crippen molar-refractivity contribution in [1.82, 2.24) is 0 Å². The standard InChI is InChI=1S/C11H12O12.4Na/c12-6(13)1-4(10(18)19)22-8(16)3-9(17)23-5(11(20)21)2-7(14)15;;;;/h4-5H,1-3H2,(H,12,13)(H,14,15)(H,18,19)(H,20,21);;;;/q;4*+1/p-4. The molecule has 2 unspecified atom stereocenters. The fourth-order valence-corrected chi connectivity index (χ4v) is 1.17. The summed E-state index contributed by atoms with van der Waals surface area (Å²) in [6.07, 6.45) is -8.26. The zero-order valence-electron chi connectivity index (χ0n) is 15.2. The summed E-state index contributed by atoms with van der Waals surface area (Å²) in [4.78, 5) is 63.8. The summed E-state index contributed by atoms with van der Waals surface area (Å²) in [5, 5.41) is 41.4. The number of carbonyl (C=O) groups is 6. The molecule has 128 valence electrons. The molecule has 12 nitrogen and oxygen atoms in total. The van der Waals surface area contributed by atoms with Crippen molar-refractivity contribution >= 4 is 35.8 Å². The summed E-state index contributed by atoms with van der Waals surface area (Å²) < 4.78 is 8.20. The number of hydrogen-bond acceptors (Lipinski definition) is 12. The molecule has 27 heavy (non-hydrogen) atoms. The van der Waals surface area contributed by atoms with E-state index in [4.69, 9.17) is 0 Å². The molecule has 16 heteroatoms. The Morgan fingerprint density at radius 2 is 0.852 bits per heavy atom. The normalized spacial score (nSPS) is 10.7. The van der Waals surface area contributed by atoms with E-state index in [1.807, 2.05) is 0 Å². The van der Waals surface area contributed by atoms with Crippen LogP contribution in [-0.4, -0.2) is 48.0 Å². The summed E-state index contributed by atoms with van der Waals surface area (Å²) in [5.74, 6) is -11.0. The molecule has 0 bridgehead atoms. The Kier molecular flexibility index (Phi) is 28.6. The van der Waals surface area contributed by atoms with Crippen LogP contribution in [0.3, 0.4) is 0 Å². The quantitative estimate of drug-likeness (QED) is 0.182. The SMILES string of the molecule is O=C([O-])CC(OC(=O)CC(=O)OC(CC(=O)[O-])C(=O)[O-])C(=O)[O-].[Na+].[Na+].[Na+].[Na+]. The van der Waals surface area contributed by atoms with Crippen molar-refractivity contribution in [2.24, 2.45) is 0 Å². The monoisotopic (exact) mass is 424 g/mol. The Labute approximate surface area is 240 Å². The van der Waals surface area contributed by atoms with E-state index in [1.54, 1.807) is 0 Å². The van der Waals surface area contributed by atoms with Gasteiger partial charge in [-0.3, -0.25) is 9.59 Å². The van der Waals surface area contributed by atoms with E-state index >= 15 is 0 Å². The van der Waals surface area contributed by atoms with E-state index < -0.39 is 67.3 Å². The number of rotatable bonds is 10. The van der Waals surface area contributed by atoms with Gasteiger partial charge in [0.05, 0.1) is 11.9 Å². The van der Waals surface area contributed by atoms with Gasteiger partial charge in [0.25, 0.3) is 0 Å².